The Morgan fingerprint density at radius 1 is 1.05 bits per heavy atom. The van der Waals surface area contributed by atoms with Crippen LogP contribution in [0.4, 0.5) is 4.39 Å². The maximum Gasteiger partial charge on any atom is 0.150 e. The third-order valence-electron chi connectivity index (χ3n) is 3.04. The summed E-state index contributed by atoms with van der Waals surface area (Å²) in [4.78, 5) is 12.1. The van der Waals surface area contributed by atoms with E-state index in [1.165, 1.54) is 23.4 Å². The third-order valence-corrected chi connectivity index (χ3v) is 4.10. The lowest BCUT2D eigenvalue weighted by molar-refractivity contribution is 0.112. The quantitative estimate of drug-likeness (QED) is 0.732. The van der Waals surface area contributed by atoms with Gasteiger partial charge in [-0.25, -0.2) is 4.39 Å². The van der Waals surface area contributed by atoms with Gasteiger partial charge >= 0.3 is 0 Å². The van der Waals surface area contributed by atoms with Crippen LogP contribution in [0.3, 0.4) is 0 Å². The summed E-state index contributed by atoms with van der Waals surface area (Å²) in [6.07, 6.45) is 0.648. The Balaban J connectivity index is 2.20. The van der Waals surface area contributed by atoms with Crippen LogP contribution in [-0.4, -0.2) is 6.29 Å². The van der Waals surface area contributed by atoms with Gasteiger partial charge in [0, 0.05) is 15.4 Å². The van der Waals surface area contributed by atoms with Crippen molar-refractivity contribution in [3.05, 3.63) is 59.4 Å². The van der Waals surface area contributed by atoms with Gasteiger partial charge < -0.3 is 0 Å². The number of rotatable bonds is 3. The molecule has 0 amide bonds. The minimum atomic E-state index is -0.362. The lowest BCUT2D eigenvalue weighted by Gasteiger charge is -2.19. The average Bonchev–Trinajstić information content (AvgIpc) is 2.40. The number of hydrogen-bond acceptors (Lipinski definition) is 2. The van der Waals surface area contributed by atoms with E-state index in [0.29, 0.717) is 16.7 Å². The van der Waals surface area contributed by atoms with Crippen molar-refractivity contribution in [3.63, 3.8) is 0 Å². The first-order chi connectivity index (χ1) is 9.40. The normalized spacial score (nSPS) is 11.4. The van der Waals surface area contributed by atoms with Crippen molar-refractivity contribution in [1.29, 1.82) is 0 Å². The Bertz CT molecular complexity index is 612. The second kappa shape index (κ2) is 5.80. The van der Waals surface area contributed by atoms with Crippen molar-refractivity contribution in [1.82, 2.24) is 0 Å². The molecule has 20 heavy (non-hydrogen) atoms. The van der Waals surface area contributed by atoms with E-state index >= 15 is 0 Å². The molecule has 2 aromatic rings. The molecule has 0 saturated heterocycles. The zero-order valence-corrected chi connectivity index (χ0v) is 12.6. The Kier molecular flexibility index (Phi) is 4.29. The van der Waals surface area contributed by atoms with Crippen LogP contribution < -0.4 is 0 Å². The molecular formula is C17H17FOS. The van der Waals surface area contributed by atoms with E-state index in [-0.39, 0.29) is 11.2 Å². The van der Waals surface area contributed by atoms with Crippen molar-refractivity contribution in [2.45, 2.75) is 36.0 Å². The summed E-state index contributed by atoms with van der Waals surface area (Å²) in [6.45, 7) is 6.48. The van der Waals surface area contributed by atoms with Crippen LogP contribution in [0.2, 0.25) is 0 Å². The molecule has 0 aliphatic rings. The topological polar surface area (TPSA) is 17.1 Å². The minimum absolute atomic E-state index is 0.111. The Morgan fingerprint density at radius 3 is 2.20 bits per heavy atom. The summed E-state index contributed by atoms with van der Waals surface area (Å²) in [5, 5.41) is 0. The molecule has 2 aromatic carbocycles. The fourth-order valence-corrected chi connectivity index (χ4v) is 2.64. The van der Waals surface area contributed by atoms with Gasteiger partial charge in [0.25, 0.3) is 0 Å². The Labute approximate surface area is 123 Å². The maximum absolute atomic E-state index is 13.8. The Hall–Kier alpha value is -1.61. The first kappa shape index (κ1) is 14.8. The smallest absolute Gasteiger partial charge is 0.150 e. The van der Waals surface area contributed by atoms with Gasteiger partial charge in [0.05, 0.1) is 0 Å². The minimum Gasteiger partial charge on any atom is -0.298 e. The zero-order valence-electron chi connectivity index (χ0n) is 11.8. The maximum atomic E-state index is 13.8. The molecule has 0 heterocycles. The molecule has 2 rings (SSSR count). The highest BCUT2D eigenvalue weighted by atomic mass is 32.2. The van der Waals surface area contributed by atoms with Crippen molar-refractivity contribution in [2.75, 3.05) is 0 Å². The average molecular weight is 288 g/mol. The summed E-state index contributed by atoms with van der Waals surface area (Å²) in [5.41, 5.74) is 1.72. The summed E-state index contributed by atoms with van der Waals surface area (Å²) in [5.74, 6) is -0.362. The van der Waals surface area contributed by atoms with Gasteiger partial charge in [0.15, 0.2) is 0 Å². The molecule has 104 valence electrons. The number of halogens is 1. The monoisotopic (exact) mass is 288 g/mol. The highest BCUT2D eigenvalue weighted by Crippen LogP contribution is 2.32. The molecule has 0 saturated carbocycles. The van der Waals surface area contributed by atoms with Crippen LogP contribution in [0.5, 0.6) is 0 Å². The standard InChI is InChI=1S/C17H17FOS/c1-17(2,3)13-5-7-14(8-6-13)20-16-9-4-12(11-19)10-15(16)18/h4-11H,1-3H3. The van der Waals surface area contributed by atoms with E-state index in [1.54, 1.807) is 12.1 Å². The summed E-state index contributed by atoms with van der Waals surface area (Å²) in [6, 6.07) is 12.7. The molecule has 0 bridgehead atoms. The molecule has 0 fully saturated rings. The van der Waals surface area contributed by atoms with E-state index in [1.807, 2.05) is 12.1 Å². The van der Waals surface area contributed by atoms with Crippen LogP contribution >= 0.6 is 11.8 Å². The highest BCUT2D eigenvalue weighted by molar-refractivity contribution is 7.99. The fraction of sp³-hybridized carbons (Fsp3) is 0.235. The first-order valence-electron chi connectivity index (χ1n) is 6.43. The number of aldehydes is 1. The predicted octanol–water partition coefficient (Wildman–Crippen LogP) is 5.09. The van der Waals surface area contributed by atoms with Crippen LogP contribution in [0.1, 0.15) is 36.7 Å². The molecule has 1 nitrogen and oxygen atoms in total. The van der Waals surface area contributed by atoms with Gasteiger partial charge in [-0.1, -0.05) is 50.7 Å². The summed E-state index contributed by atoms with van der Waals surface area (Å²) in [7, 11) is 0. The molecule has 0 aliphatic heterocycles. The second-order valence-electron chi connectivity index (χ2n) is 5.68. The molecule has 0 unspecified atom stereocenters. The number of hydrogen-bond donors (Lipinski definition) is 0. The van der Waals surface area contributed by atoms with Gasteiger partial charge in [-0.05, 0) is 35.2 Å². The predicted molar refractivity (Wildman–Crippen MR) is 81.1 cm³/mol. The van der Waals surface area contributed by atoms with Crippen LogP contribution in [0.15, 0.2) is 52.3 Å². The van der Waals surface area contributed by atoms with Gasteiger partial charge in [0.1, 0.15) is 12.1 Å². The van der Waals surface area contributed by atoms with E-state index in [0.717, 1.165) is 4.90 Å². The molecule has 0 aliphatic carbocycles. The van der Waals surface area contributed by atoms with Crippen LogP contribution in [-0.2, 0) is 5.41 Å². The molecule has 0 N–H and O–H groups in total. The first-order valence-corrected chi connectivity index (χ1v) is 7.25. The van der Waals surface area contributed by atoms with Crippen molar-refractivity contribution in [3.8, 4) is 0 Å². The summed E-state index contributed by atoms with van der Waals surface area (Å²) >= 11 is 1.36. The molecule has 0 spiro atoms. The van der Waals surface area contributed by atoms with Crippen LogP contribution in [0.25, 0.3) is 0 Å². The summed E-state index contributed by atoms with van der Waals surface area (Å²) < 4.78 is 13.8. The largest absolute Gasteiger partial charge is 0.298 e. The second-order valence-corrected chi connectivity index (χ2v) is 6.80. The van der Waals surface area contributed by atoms with Gasteiger partial charge in [-0.2, -0.15) is 0 Å². The van der Waals surface area contributed by atoms with Gasteiger partial charge in [-0.15, -0.1) is 0 Å². The molecule has 3 heteroatoms. The van der Waals surface area contributed by atoms with Crippen molar-refractivity contribution in [2.24, 2.45) is 0 Å². The molecule has 0 aromatic heterocycles. The molecular weight excluding hydrogens is 271 g/mol. The van der Waals surface area contributed by atoms with Crippen molar-refractivity contribution >= 4 is 18.0 Å². The number of carbonyl (C=O) groups excluding carboxylic acids is 1. The number of carbonyl (C=O) groups is 1. The van der Waals surface area contributed by atoms with E-state index in [9.17, 15) is 9.18 Å². The van der Waals surface area contributed by atoms with Crippen molar-refractivity contribution < 1.29 is 9.18 Å². The Morgan fingerprint density at radius 2 is 1.70 bits per heavy atom. The lowest BCUT2D eigenvalue weighted by atomic mass is 9.87. The number of benzene rings is 2. The molecule has 0 atom stereocenters. The van der Waals surface area contributed by atoms with E-state index < -0.39 is 0 Å². The lowest BCUT2D eigenvalue weighted by Crippen LogP contribution is -2.10. The van der Waals surface area contributed by atoms with Gasteiger partial charge in [-0.3, -0.25) is 4.79 Å². The fourth-order valence-electron chi connectivity index (χ4n) is 1.82. The third kappa shape index (κ3) is 3.48. The highest BCUT2D eigenvalue weighted by Gasteiger charge is 2.13. The van der Waals surface area contributed by atoms with Gasteiger partial charge in [0.2, 0.25) is 0 Å². The van der Waals surface area contributed by atoms with Crippen LogP contribution in [0, 0.1) is 5.82 Å². The molecule has 0 radical (unpaired) electrons. The SMILES string of the molecule is CC(C)(C)c1ccc(Sc2ccc(C=O)cc2F)cc1. The van der Waals surface area contributed by atoms with E-state index in [2.05, 4.69) is 32.9 Å². The zero-order chi connectivity index (χ0) is 14.8. The van der Waals surface area contributed by atoms with E-state index in [4.69, 9.17) is 0 Å².